The van der Waals surface area contributed by atoms with E-state index in [9.17, 15) is 23.2 Å². The maximum absolute atomic E-state index is 14.5. The molecule has 0 bridgehead atoms. The Bertz CT molecular complexity index is 1180. The monoisotopic (exact) mass is 611 g/mol. The maximum atomic E-state index is 14.5. The highest BCUT2D eigenvalue weighted by atomic mass is 19.3. The van der Waals surface area contributed by atoms with Crippen LogP contribution in [0, 0.1) is 5.92 Å². The summed E-state index contributed by atoms with van der Waals surface area (Å²) in [4.78, 5) is 45.3. The normalized spacial score (nSPS) is 28.6. The molecule has 3 fully saturated rings. The molecule has 3 N–H and O–H groups in total. The second kappa shape index (κ2) is 13.4. The molecule has 1 aliphatic carbocycles. The number of carbonyl (C=O) groups excluding carboxylic acids is 3. The lowest BCUT2D eigenvalue weighted by Gasteiger charge is -2.45. The number of rotatable bonds is 9. The first-order valence-electron chi connectivity index (χ1n) is 15.6. The zero-order valence-corrected chi connectivity index (χ0v) is 25.3. The highest BCUT2D eigenvalue weighted by Gasteiger charge is 2.48. The molecule has 1 aromatic carbocycles. The SMILES string of the molecule is CCO[C@@H]1C[C@@H]2CN(C(=O)[C@@H](NC(=O)[C@H](C)NC)C3CCC(F)(F)CC3)[C@H](C(=O)N[C@@H]3CCOc4ccccc43)CN2C1.[HH].[HH].[HH]. The standard InChI is InChI=1S/C31H45F2N5O5.3H2/c1-4-42-22-15-21-16-38(30(41)27(36-28(39)19(2)34-3)20-9-12-31(32,33)13-10-20)25(18-37(21)17-22)29(40)35-24-11-14-43-26-8-6-5-7-23(24)26;;;/h5-8,19-22,24-25,27,34H,4,9-18H2,1-3H3,(H,35,40)(H,36,39);3*1H/t19-,21+,22+,24+,25-,27-;;;/m0.../s1. The third-order valence-electron chi connectivity index (χ3n) is 9.57. The molecule has 5 rings (SSSR count). The van der Waals surface area contributed by atoms with Gasteiger partial charge in [0.15, 0.2) is 0 Å². The van der Waals surface area contributed by atoms with Crippen LogP contribution in [0.25, 0.3) is 0 Å². The number of amides is 3. The van der Waals surface area contributed by atoms with Gasteiger partial charge in [-0.25, -0.2) is 8.78 Å². The number of ether oxygens (including phenoxy) is 2. The number of nitrogens with zero attached hydrogens (tertiary/aromatic N) is 2. The molecule has 3 amide bonds. The number of fused-ring (bicyclic) bond motifs is 2. The Morgan fingerprint density at radius 2 is 1.88 bits per heavy atom. The Kier molecular flexibility index (Phi) is 9.87. The predicted molar refractivity (Wildman–Crippen MR) is 162 cm³/mol. The van der Waals surface area contributed by atoms with Gasteiger partial charge in [0.1, 0.15) is 17.8 Å². The number of piperazine rings is 1. The number of para-hydroxylation sites is 1. The number of alkyl halides is 2. The fourth-order valence-corrected chi connectivity index (χ4v) is 6.98. The molecule has 0 unspecified atom stereocenters. The lowest BCUT2D eigenvalue weighted by molar-refractivity contribution is -0.150. The van der Waals surface area contributed by atoms with Crippen LogP contribution >= 0.6 is 0 Å². The molecule has 3 heterocycles. The van der Waals surface area contributed by atoms with Gasteiger partial charge in [-0.15, -0.1) is 0 Å². The van der Waals surface area contributed by atoms with Gasteiger partial charge in [-0.3, -0.25) is 19.3 Å². The van der Waals surface area contributed by atoms with Crippen molar-refractivity contribution in [2.75, 3.05) is 39.9 Å². The third kappa shape index (κ3) is 7.12. The average Bonchev–Trinajstić information content (AvgIpc) is 3.40. The molecule has 244 valence electrons. The summed E-state index contributed by atoms with van der Waals surface area (Å²) in [6.07, 6.45) is 0.883. The van der Waals surface area contributed by atoms with Crippen LogP contribution < -0.4 is 20.7 Å². The van der Waals surface area contributed by atoms with E-state index in [1.807, 2.05) is 31.2 Å². The molecule has 10 nitrogen and oxygen atoms in total. The second-order valence-electron chi connectivity index (χ2n) is 12.4. The van der Waals surface area contributed by atoms with E-state index in [4.69, 9.17) is 9.47 Å². The largest absolute Gasteiger partial charge is 0.493 e. The lowest BCUT2D eigenvalue weighted by atomic mass is 9.81. The molecule has 12 heteroatoms. The van der Waals surface area contributed by atoms with Crippen molar-refractivity contribution in [1.82, 2.24) is 25.8 Å². The second-order valence-corrected chi connectivity index (χ2v) is 12.4. The van der Waals surface area contributed by atoms with E-state index >= 15 is 0 Å². The van der Waals surface area contributed by atoms with Crippen molar-refractivity contribution in [3.63, 3.8) is 0 Å². The Hall–Kier alpha value is -2.83. The summed E-state index contributed by atoms with van der Waals surface area (Å²) in [5.41, 5.74) is 0.889. The topological polar surface area (TPSA) is 112 Å². The van der Waals surface area contributed by atoms with Crippen LogP contribution in [0.4, 0.5) is 8.78 Å². The van der Waals surface area contributed by atoms with Crippen LogP contribution in [0.5, 0.6) is 5.75 Å². The van der Waals surface area contributed by atoms with E-state index in [-0.39, 0.29) is 65.9 Å². The molecule has 2 saturated heterocycles. The van der Waals surface area contributed by atoms with Crippen molar-refractivity contribution in [3.05, 3.63) is 29.8 Å². The van der Waals surface area contributed by atoms with Crippen LogP contribution in [0.2, 0.25) is 0 Å². The van der Waals surface area contributed by atoms with Crippen molar-refractivity contribution in [3.8, 4) is 5.75 Å². The molecule has 0 aromatic heterocycles. The fourth-order valence-electron chi connectivity index (χ4n) is 6.98. The molecule has 4 aliphatic rings. The summed E-state index contributed by atoms with van der Waals surface area (Å²) in [6, 6.07) is 4.92. The fraction of sp³-hybridized carbons (Fsp3) is 0.710. The van der Waals surface area contributed by atoms with Crippen molar-refractivity contribution in [2.24, 2.45) is 5.92 Å². The zero-order valence-electron chi connectivity index (χ0n) is 25.3. The van der Waals surface area contributed by atoms with Crippen LogP contribution in [-0.2, 0) is 19.1 Å². The summed E-state index contributed by atoms with van der Waals surface area (Å²) >= 11 is 0. The Morgan fingerprint density at radius 3 is 2.60 bits per heavy atom. The third-order valence-corrected chi connectivity index (χ3v) is 9.57. The molecular formula is C31H51F2N5O5. The van der Waals surface area contributed by atoms with E-state index in [1.54, 1.807) is 18.9 Å². The smallest absolute Gasteiger partial charge is 0.248 e. The summed E-state index contributed by atoms with van der Waals surface area (Å²) in [5, 5.41) is 8.94. The van der Waals surface area contributed by atoms with Gasteiger partial charge >= 0.3 is 0 Å². The predicted octanol–water partition coefficient (Wildman–Crippen LogP) is 2.97. The Labute approximate surface area is 256 Å². The van der Waals surface area contributed by atoms with Gasteiger partial charge in [0.2, 0.25) is 23.6 Å². The highest BCUT2D eigenvalue weighted by Crippen LogP contribution is 2.39. The number of likely N-dealkylation sites (N-methyl/N-ethyl adjacent to an activating group) is 1. The summed E-state index contributed by atoms with van der Waals surface area (Å²) in [6.45, 7) is 5.95. The molecule has 1 saturated carbocycles. The molecule has 6 atom stereocenters. The van der Waals surface area contributed by atoms with Gasteiger partial charge < -0.3 is 30.3 Å². The van der Waals surface area contributed by atoms with Gasteiger partial charge in [-0.2, -0.15) is 0 Å². The first-order chi connectivity index (χ1) is 20.6. The number of benzene rings is 1. The van der Waals surface area contributed by atoms with E-state index in [2.05, 4.69) is 20.9 Å². The van der Waals surface area contributed by atoms with Crippen LogP contribution in [0.3, 0.4) is 0 Å². The number of hydrogen-bond acceptors (Lipinski definition) is 7. The number of nitrogens with one attached hydrogen (secondary N) is 3. The number of hydrogen-bond donors (Lipinski definition) is 3. The summed E-state index contributed by atoms with van der Waals surface area (Å²) in [7, 11) is 1.64. The first kappa shape index (κ1) is 31.6. The highest BCUT2D eigenvalue weighted by molar-refractivity contribution is 5.93. The Balaban J connectivity index is 0.00000245. The molecule has 0 spiro atoms. The minimum atomic E-state index is -2.78. The van der Waals surface area contributed by atoms with Crippen molar-refractivity contribution in [2.45, 2.75) is 94.6 Å². The number of halogens is 2. The van der Waals surface area contributed by atoms with Crippen LogP contribution in [0.15, 0.2) is 24.3 Å². The number of carbonyl (C=O) groups is 3. The van der Waals surface area contributed by atoms with Gasteiger partial charge in [-0.1, -0.05) is 18.2 Å². The van der Waals surface area contributed by atoms with Crippen molar-refractivity contribution >= 4 is 17.7 Å². The van der Waals surface area contributed by atoms with Gasteiger partial charge in [0, 0.05) is 61.4 Å². The molecule has 3 aliphatic heterocycles. The molecular weight excluding hydrogens is 560 g/mol. The molecule has 43 heavy (non-hydrogen) atoms. The van der Waals surface area contributed by atoms with E-state index < -0.39 is 30.0 Å². The van der Waals surface area contributed by atoms with Crippen LogP contribution in [0.1, 0.15) is 68.3 Å². The quantitative estimate of drug-likeness (QED) is 0.394. The lowest BCUT2D eigenvalue weighted by Crippen LogP contribution is -2.66. The summed E-state index contributed by atoms with van der Waals surface area (Å²) < 4.78 is 39.9. The van der Waals surface area contributed by atoms with Gasteiger partial charge in [0.25, 0.3) is 0 Å². The van der Waals surface area contributed by atoms with Crippen LogP contribution in [-0.4, -0.2) is 104 Å². The van der Waals surface area contributed by atoms with E-state index in [0.717, 1.165) is 17.7 Å². The summed E-state index contributed by atoms with van der Waals surface area (Å²) in [5.74, 6) is -3.56. The zero-order chi connectivity index (χ0) is 30.7. The minimum absolute atomic E-state index is 0. The van der Waals surface area contributed by atoms with Gasteiger partial charge in [-0.05, 0) is 52.1 Å². The minimum Gasteiger partial charge on any atom is -0.493 e. The van der Waals surface area contributed by atoms with Gasteiger partial charge in [0.05, 0.1) is 24.8 Å². The van der Waals surface area contributed by atoms with Crippen molar-refractivity contribution < 1.29 is 36.9 Å². The van der Waals surface area contributed by atoms with E-state index in [0.29, 0.717) is 39.3 Å². The average molecular weight is 612 g/mol. The van der Waals surface area contributed by atoms with Crippen molar-refractivity contribution in [1.29, 1.82) is 0 Å². The molecule has 0 radical (unpaired) electrons. The molecule has 1 aromatic rings. The Morgan fingerprint density at radius 1 is 1.14 bits per heavy atom. The van der Waals surface area contributed by atoms with E-state index in [1.165, 1.54) is 0 Å². The maximum Gasteiger partial charge on any atom is 0.248 e. The first-order valence-corrected chi connectivity index (χ1v) is 15.6.